The molecule has 7 heteroatoms. The molecule has 3 rings (SSSR count). The third-order valence-corrected chi connectivity index (χ3v) is 3.49. The van der Waals surface area contributed by atoms with Gasteiger partial charge < -0.3 is 5.32 Å². The first kappa shape index (κ1) is 14.8. The average molecular weight is 308 g/mol. The van der Waals surface area contributed by atoms with E-state index in [0.717, 1.165) is 16.5 Å². The Morgan fingerprint density at radius 2 is 2.26 bits per heavy atom. The highest BCUT2D eigenvalue weighted by Crippen LogP contribution is 2.15. The molecule has 1 N–H and O–H groups in total. The number of nitrogens with one attached hydrogen (secondary N) is 1. The third-order valence-electron chi connectivity index (χ3n) is 3.49. The van der Waals surface area contributed by atoms with E-state index in [4.69, 9.17) is 5.26 Å². The van der Waals surface area contributed by atoms with Crippen molar-refractivity contribution >= 4 is 22.6 Å². The number of carbonyl (C=O) groups is 1. The number of aryl methyl sites for hydroxylation is 2. The molecule has 1 amide bonds. The summed E-state index contributed by atoms with van der Waals surface area (Å²) in [6, 6.07) is 9.78. The van der Waals surface area contributed by atoms with Crippen LogP contribution in [0, 0.1) is 18.3 Å². The molecule has 0 radical (unpaired) electrons. The average Bonchev–Trinajstić information content (AvgIpc) is 3.12. The van der Waals surface area contributed by atoms with E-state index < -0.39 is 0 Å². The molecule has 0 saturated carbocycles. The van der Waals surface area contributed by atoms with Crippen molar-refractivity contribution in [2.24, 2.45) is 0 Å². The molecule has 0 aliphatic carbocycles. The van der Waals surface area contributed by atoms with Crippen molar-refractivity contribution in [1.29, 1.82) is 5.26 Å². The number of hydrogen-bond donors (Lipinski definition) is 1. The van der Waals surface area contributed by atoms with Crippen LogP contribution in [0.3, 0.4) is 0 Å². The molecule has 2 aromatic heterocycles. The van der Waals surface area contributed by atoms with Crippen molar-refractivity contribution < 1.29 is 4.79 Å². The van der Waals surface area contributed by atoms with Crippen molar-refractivity contribution in [3.8, 4) is 6.07 Å². The molecular weight excluding hydrogens is 292 g/mol. The fourth-order valence-corrected chi connectivity index (χ4v) is 2.36. The summed E-state index contributed by atoms with van der Waals surface area (Å²) in [7, 11) is 0. The Labute approximate surface area is 133 Å². The first-order valence-corrected chi connectivity index (χ1v) is 7.28. The molecule has 0 atom stereocenters. The Morgan fingerprint density at radius 3 is 3.09 bits per heavy atom. The Balaban J connectivity index is 1.61. The highest BCUT2D eigenvalue weighted by Gasteiger charge is 2.08. The largest absolute Gasteiger partial charge is 0.309 e. The minimum absolute atomic E-state index is 0.136. The standard InChI is InChI=1S/C16H16N6O/c1-12-2-3-13-11-18-22(14(13)10-12)8-5-16(23)19-15-4-7-21(20-15)9-6-17/h2-4,7,10-11H,5,8-9H2,1H3,(H,19,20,23). The van der Waals surface area contributed by atoms with Crippen LogP contribution in [0.25, 0.3) is 10.9 Å². The minimum atomic E-state index is -0.136. The van der Waals surface area contributed by atoms with Crippen LogP contribution in [0.1, 0.15) is 12.0 Å². The van der Waals surface area contributed by atoms with E-state index in [2.05, 4.69) is 21.6 Å². The molecule has 0 fully saturated rings. The van der Waals surface area contributed by atoms with Crippen LogP contribution in [0.15, 0.2) is 36.7 Å². The molecule has 0 bridgehead atoms. The van der Waals surface area contributed by atoms with E-state index in [0.29, 0.717) is 18.8 Å². The van der Waals surface area contributed by atoms with Crippen LogP contribution < -0.4 is 5.32 Å². The number of nitrogens with zero attached hydrogens (tertiary/aromatic N) is 5. The van der Waals surface area contributed by atoms with Gasteiger partial charge in [-0.2, -0.15) is 15.5 Å². The molecule has 116 valence electrons. The fraction of sp³-hybridized carbons (Fsp3) is 0.250. The lowest BCUT2D eigenvalue weighted by molar-refractivity contribution is -0.116. The van der Waals surface area contributed by atoms with Crippen molar-refractivity contribution in [1.82, 2.24) is 19.6 Å². The van der Waals surface area contributed by atoms with Crippen LogP contribution in [0.4, 0.5) is 5.82 Å². The van der Waals surface area contributed by atoms with Crippen LogP contribution >= 0.6 is 0 Å². The van der Waals surface area contributed by atoms with E-state index in [1.807, 2.05) is 29.8 Å². The fourth-order valence-electron chi connectivity index (χ4n) is 2.36. The molecule has 3 aromatic rings. The van der Waals surface area contributed by atoms with Gasteiger partial charge in [0.15, 0.2) is 5.82 Å². The maximum atomic E-state index is 12.0. The van der Waals surface area contributed by atoms with Crippen molar-refractivity contribution in [2.45, 2.75) is 26.4 Å². The summed E-state index contributed by atoms with van der Waals surface area (Å²) >= 11 is 0. The molecule has 2 heterocycles. The highest BCUT2D eigenvalue weighted by molar-refractivity contribution is 5.89. The Hall–Kier alpha value is -3.14. The van der Waals surface area contributed by atoms with E-state index >= 15 is 0 Å². The van der Waals surface area contributed by atoms with Crippen molar-refractivity contribution in [2.75, 3.05) is 5.32 Å². The van der Waals surface area contributed by atoms with Crippen LogP contribution in [-0.4, -0.2) is 25.5 Å². The number of rotatable bonds is 5. The monoisotopic (exact) mass is 308 g/mol. The number of fused-ring (bicyclic) bond motifs is 1. The van der Waals surface area contributed by atoms with Gasteiger partial charge in [0, 0.05) is 24.1 Å². The van der Waals surface area contributed by atoms with Crippen LogP contribution in [-0.2, 0) is 17.9 Å². The van der Waals surface area contributed by atoms with Crippen LogP contribution in [0.5, 0.6) is 0 Å². The molecule has 1 aromatic carbocycles. The quantitative estimate of drug-likeness (QED) is 0.781. The lowest BCUT2D eigenvalue weighted by Crippen LogP contribution is -2.15. The zero-order valence-corrected chi connectivity index (χ0v) is 12.7. The topological polar surface area (TPSA) is 88.5 Å². The molecule has 0 saturated heterocycles. The van der Waals surface area contributed by atoms with Crippen LogP contribution in [0.2, 0.25) is 0 Å². The second-order valence-electron chi connectivity index (χ2n) is 5.28. The zero-order valence-electron chi connectivity index (χ0n) is 12.7. The predicted molar refractivity (Wildman–Crippen MR) is 85.6 cm³/mol. The second-order valence-corrected chi connectivity index (χ2v) is 5.28. The molecule has 0 aliphatic rings. The van der Waals surface area contributed by atoms with Crippen molar-refractivity contribution in [3.05, 3.63) is 42.2 Å². The molecule has 0 spiro atoms. The molecule has 7 nitrogen and oxygen atoms in total. The van der Waals surface area contributed by atoms with Gasteiger partial charge in [-0.3, -0.25) is 14.2 Å². The summed E-state index contributed by atoms with van der Waals surface area (Å²) in [4.78, 5) is 12.0. The minimum Gasteiger partial charge on any atom is -0.309 e. The Kier molecular flexibility index (Phi) is 4.06. The van der Waals surface area contributed by atoms with E-state index in [1.54, 1.807) is 18.5 Å². The molecular formula is C16H16N6O. The summed E-state index contributed by atoms with van der Waals surface area (Å²) in [6.07, 6.45) is 3.76. The highest BCUT2D eigenvalue weighted by atomic mass is 16.1. The first-order chi connectivity index (χ1) is 11.2. The summed E-state index contributed by atoms with van der Waals surface area (Å²) in [5.41, 5.74) is 2.18. The van der Waals surface area contributed by atoms with Gasteiger partial charge in [0.25, 0.3) is 0 Å². The van der Waals surface area contributed by atoms with Gasteiger partial charge >= 0.3 is 0 Å². The molecule has 0 unspecified atom stereocenters. The van der Waals surface area contributed by atoms with Gasteiger partial charge in [-0.15, -0.1) is 0 Å². The molecule has 0 aliphatic heterocycles. The van der Waals surface area contributed by atoms with Gasteiger partial charge in [0.2, 0.25) is 5.91 Å². The summed E-state index contributed by atoms with van der Waals surface area (Å²) < 4.78 is 3.30. The Bertz CT molecular complexity index is 885. The lowest BCUT2D eigenvalue weighted by Gasteiger charge is -2.05. The summed E-state index contributed by atoms with van der Waals surface area (Å²) in [5.74, 6) is 0.315. The number of amides is 1. The molecule has 23 heavy (non-hydrogen) atoms. The summed E-state index contributed by atoms with van der Waals surface area (Å²) in [6.45, 7) is 2.69. The van der Waals surface area contributed by atoms with Gasteiger partial charge in [-0.25, -0.2) is 0 Å². The SMILES string of the molecule is Cc1ccc2cnn(CCC(=O)Nc3ccn(CC#N)n3)c2c1. The summed E-state index contributed by atoms with van der Waals surface area (Å²) in [5, 5.41) is 20.8. The van der Waals surface area contributed by atoms with Gasteiger partial charge in [-0.05, 0) is 18.6 Å². The normalized spacial score (nSPS) is 10.6. The van der Waals surface area contributed by atoms with E-state index in [9.17, 15) is 4.79 Å². The lowest BCUT2D eigenvalue weighted by atomic mass is 10.2. The second kappa shape index (κ2) is 6.32. The number of carbonyl (C=O) groups excluding carboxylic acids is 1. The van der Waals surface area contributed by atoms with Gasteiger partial charge in [-0.1, -0.05) is 12.1 Å². The number of hydrogen-bond acceptors (Lipinski definition) is 4. The number of aromatic nitrogens is 4. The number of nitriles is 1. The van der Waals surface area contributed by atoms with Crippen molar-refractivity contribution in [3.63, 3.8) is 0 Å². The zero-order chi connectivity index (χ0) is 16.2. The predicted octanol–water partition coefficient (Wildman–Crippen LogP) is 2.09. The van der Waals surface area contributed by atoms with E-state index in [-0.39, 0.29) is 12.5 Å². The van der Waals surface area contributed by atoms with Gasteiger partial charge in [0.05, 0.1) is 24.3 Å². The maximum absolute atomic E-state index is 12.0. The number of anilines is 1. The van der Waals surface area contributed by atoms with E-state index in [1.165, 1.54) is 4.68 Å². The third kappa shape index (κ3) is 3.37. The maximum Gasteiger partial charge on any atom is 0.227 e. The Morgan fingerprint density at radius 1 is 1.39 bits per heavy atom. The number of benzene rings is 1. The first-order valence-electron chi connectivity index (χ1n) is 7.28. The van der Waals surface area contributed by atoms with Gasteiger partial charge in [0.1, 0.15) is 6.54 Å². The smallest absolute Gasteiger partial charge is 0.227 e.